The largest absolute Gasteiger partial charge is 0.207 e. The van der Waals surface area contributed by atoms with Crippen LogP contribution in [0, 0.1) is 11.6 Å². The first-order valence-corrected chi connectivity index (χ1v) is 4.20. The van der Waals surface area contributed by atoms with Gasteiger partial charge in [-0.15, -0.1) is 0 Å². The molecule has 0 spiro atoms. The van der Waals surface area contributed by atoms with Gasteiger partial charge in [0.15, 0.2) is 0 Å². The van der Waals surface area contributed by atoms with Crippen molar-refractivity contribution in [2.24, 2.45) is 0 Å². The van der Waals surface area contributed by atoms with Gasteiger partial charge in [-0.25, -0.2) is 8.78 Å². The van der Waals surface area contributed by atoms with Crippen molar-refractivity contribution in [3.63, 3.8) is 0 Å². The Morgan fingerprint density at radius 1 is 0.500 bits per heavy atom. The summed E-state index contributed by atoms with van der Waals surface area (Å²) in [6.45, 7) is 0. The molecule has 0 atom stereocenters. The maximum Gasteiger partial charge on any atom is 0.123 e. The van der Waals surface area contributed by atoms with Crippen LogP contribution in [0.25, 0.3) is 0 Å². The third-order valence-electron chi connectivity index (χ3n) is 1.47. The van der Waals surface area contributed by atoms with Gasteiger partial charge in [0.2, 0.25) is 0 Å². The van der Waals surface area contributed by atoms with Crippen molar-refractivity contribution in [1.82, 2.24) is 0 Å². The molecular weight excluding hydrogens is 182 g/mol. The first-order chi connectivity index (χ1) is 6.79. The van der Waals surface area contributed by atoms with Gasteiger partial charge >= 0.3 is 0 Å². The second-order valence-corrected chi connectivity index (χ2v) is 2.59. The van der Waals surface area contributed by atoms with Crippen molar-refractivity contribution in [3.05, 3.63) is 72.3 Å². The van der Waals surface area contributed by atoms with Gasteiger partial charge in [-0.1, -0.05) is 36.4 Å². The van der Waals surface area contributed by atoms with Gasteiger partial charge in [0.1, 0.15) is 11.6 Å². The molecule has 0 saturated heterocycles. The van der Waals surface area contributed by atoms with Crippen molar-refractivity contribution < 1.29 is 8.78 Å². The number of hydrogen-bond acceptors (Lipinski definition) is 0. The van der Waals surface area contributed by atoms with E-state index >= 15 is 0 Å². The molecule has 0 aliphatic rings. The molecule has 2 aromatic rings. The van der Waals surface area contributed by atoms with Crippen LogP contribution < -0.4 is 0 Å². The molecule has 0 heterocycles. The zero-order chi connectivity index (χ0) is 10.2. The average molecular weight is 192 g/mol. The fraction of sp³-hybridized carbons (Fsp3) is 0. The van der Waals surface area contributed by atoms with Gasteiger partial charge in [-0.05, 0) is 24.3 Å². The Morgan fingerprint density at radius 2 is 0.714 bits per heavy atom. The molecule has 0 fully saturated rings. The zero-order valence-corrected chi connectivity index (χ0v) is 7.53. The summed E-state index contributed by atoms with van der Waals surface area (Å²) >= 11 is 0. The summed E-state index contributed by atoms with van der Waals surface area (Å²) in [6.07, 6.45) is 0. The normalized spacial score (nSPS) is 8.71. The number of halogens is 2. The molecule has 14 heavy (non-hydrogen) atoms. The zero-order valence-electron chi connectivity index (χ0n) is 7.53. The molecule has 2 heteroatoms. The summed E-state index contributed by atoms with van der Waals surface area (Å²) in [5.41, 5.74) is 0. The second-order valence-electron chi connectivity index (χ2n) is 2.59. The van der Waals surface area contributed by atoms with E-state index in [0.29, 0.717) is 0 Å². The molecule has 0 amide bonds. The summed E-state index contributed by atoms with van der Waals surface area (Å²) < 4.78 is 23.8. The van der Waals surface area contributed by atoms with E-state index in [1.54, 1.807) is 0 Å². The molecule has 0 aliphatic carbocycles. The first-order valence-electron chi connectivity index (χ1n) is 4.20. The van der Waals surface area contributed by atoms with E-state index in [9.17, 15) is 8.78 Å². The maximum atomic E-state index is 11.9. The van der Waals surface area contributed by atoms with Crippen LogP contribution in [-0.2, 0) is 0 Å². The van der Waals surface area contributed by atoms with Crippen LogP contribution in [0.5, 0.6) is 0 Å². The molecule has 0 aromatic heterocycles. The SMILES string of the molecule is Fc1ccc(F)cc1.c1ccccc1. The minimum Gasteiger partial charge on any atom is -0.207 e. The molecule has 0 unspecified atom stereocenters. The Hall–Kier alpha value is -1.70. The molecule has 0 nitrogen and oxygen atoms in total. The lowest BCUT2D eigenvalue weighted by atomic mass is 10.3. The molecular formula is C12H10F2. The van der Waals surface area contributed by atoms with E-state index in [1.165, 1.54) is 0 Å². The Balaban J connectivity index is 0.000000146. The van der Waals surface area contributed by atoms with Crippen LogP contribution >= 0.6 is 0 Å². The molecule has 2 aromatic carbocycles. The van der Waals surface area contributed by atoms with Gasteiger partial charge in [-0.2, -0.15) is 0 Å². The van der Waals surface area contributed by atoms with Gasteiger partial charge < -0.3 is 0 Å². The Labute approximate surface area is 81.8 Å². The molecule has 0 N–H and O–H groups in total. The van der Waals surface area contributed by atoms with Crippen molar-refractivity contribution in [1.29, 1.82) is 0 Å². The van der Waals surface area contributed by atoms with Crippen molar-refractivity contribution in [2.45, 2.75) is 0 Å². The predicted molar refractivity (Wildman–Crippen MR) is 52.8 cm³/mol. The van der Waals surface area contributed by atoms with Crippen LogP contribution in [0.2, 0.25) is 0 Å². The van der Waals surface area contributed by atoms with Gasteiger partial charge in [0.05, 0.1) is 0 Å². The minimum atomic E-state index is -0.411. The molecule has 72 valence electrons. The van der Waals surface area contributed by atoms with Crippen molar-refractivity contribution in [3.8, 4) is 0 Å². The maximum absolute atomic E-state index is 11.9. The topological polar surface area (TPSA) is 0 Å². The molecule has 0 saturated carbocycles. The lowest BCUT2D eigenvalue weighted by Gasteiger charge is -1.83. The van der Waals surface area contributed by atoms with E-state index in [4.69, 9.17) is 0 Å². The summed E-state index contributed by atoms with van der Waals surface area (Å²) in [6, 6.07) is 16.3. The Morgan fingerprint density at radius 3 is 0.929 bits per heavy atom. The molecule has 0 bridgehead atoms. The highest BCUT2D eigenvalue weighted by molar-refractivity contribution is 5.04. The van der Waals surface area contributed by atoms with Crippen molar-refractivity contribution in [2.75, 3.05) is 0 Å². The monoisotopic (exact) mass is 192 g/mol. The highest BCUT2D eigenvalue weighted by Gasteiger charge is 1.86. The summed E-state index contributed by atoms with van der Waals surface area (Å²) in [4.78, 5) is 0. The fourth-order valence-corrected chi connectivity index (χ4v) is 0.814. The average Bonchev–Trinajstić information content (AvgIpc) is 2.26. The molecule has 0 radical (unpaired) electrons. The van der Waals surface area contributed by atoms with E-state index in [2.05, 4.69) is 0 Å². The van der Waals surface area contributed by atoms with Crippen LogP contribution in [0.4, 0.5) is 8.78 Å². The van der Waals surface area contributed by atoms with E-state index < -0.39 is 11.6 Å². The van der Waals surface area contributed by atoms with Crippen LogP contribution in [0.15, 0.2) is 60.7 Å². The number of hydrogen-bond donors (Lipinski definition) is 0. The van der Waals surface area contributed by atoms with Crippen LogP contribution in [0.3, 0.4) is 0 Å². The third kappa shape index (κ3) is 4.36. The molecule has 2 rings (SSSR count). The van der Waals surface area contributed by atoms with Gasteiger partial charge in [0.25, 0.3) is 0 Å². The summed E-state index contributed by atoms with van der Waals surface area (Å²) in [5.74, 6) is -0.821. The van der Waals surface area contributed by atoms with Gasteiger partial charge in [-0.3, -0.25) is 0 Å². The fourth-order valence-electron chi connectivity index (χ4n) is 0.814. The third-order valence-corrected chi connectivity index (χ3v) is 1.47. The smallest absolute Gasteiger partial charge is 0.123 e. The summed E-state index contributed by atoms with van der Waals surface area (Å²) in [7, 11) is 0. The van der Waals surface area contributed by atoms with Crippen LogP contribution in [0.1, 0.15) is 0 Å². The highest BCUT2D eigenvalue weighted by atomic mass is 19.1. The molecule has 0 aliphatic heterocycles. The summed E-state index contributed by atoms with van der Waals surface area (Å²) in [5, 5.41) is 0. The van der Waals surface area contributed by atoms with Crippen LogP contribution in [-0.4, -0.2) is 0 Å². The van der Waals surface area contributed by atoms with Gasteiger partial charge in [0, 0.05) is 0 Å². The highest BCUT2D eigenvalue weighted by Crippen LogP contribution is 1.98. The second kappa shape index (κ2) is 5.86. The number of rotatable bonds is 0. The lowest BCUT2D eigenvalue weighted by molar-refractivity contribution is 0.600. The van der Waals surface area contributed by atoms with E-state index in [1.807, 2.05) is 36.4 Å². The number of benzene rings is 2. The van der Waals surface area contributed by atoms with E-state index in [-0.39, 0.29) is 0 Å². The predicted octanol–water partition coefficient (Wildman–Crippen LogP) is 3.65. The Kier molecular flexibility index (Phi) is 4.35. The lowest BCUT2D eigenvalue weighted by Crippen LogP contribution is -1.72. The first kappa shape index (κ1) is 10.4. The van der Waals surface area contributed by atoms with Crippen molar-refractivity contribution >= 4 is 0 Å². The van der Waals surface area contributed by atoms with E-state index in [0.717, 1.165) is 24.3 Å². The quantitative estimate of drug-likeness (QED) is 0.597. The minimum absolute atomic E-state index is 0.411. The standard InChI is InChI=1S/C6H4F2.C6H6/c7-5-1-2-6(8)4-3-5;1-2-4-6-5-3-1/h1-4H;1-6H. The Bertz CT molecular complexity index is 293.